The minimum atomic E-state index is -3.46. The van der Waals surface area contributed by atoms with Crippen molar-refractivity contribution in [2.45, 2.75) is 5.75 Å². The second-order valence-electron chi connectivity index (χ2n) is 4.30. The molecular formula is C13H14O6S. The lowest BCUT2D eigenvalue weighted by atomic mass is 10.1. The average molecular weight is 298 g/mol. The number of aromatic carboxylic acids is 1. The Morgan fingerprint density at radius 1 is 1.35 bits per heavy atom. The van der Waals surface area contributed by atoms with E-state index in [0.29, 0.717) is 11.0 Å². The van der Waals surface area contributed by atoms with E-state index in [1.54, 1.807) is 24.3 Å². The molecule has 108 valence electrons. The van der Waals surface area contributed by atoms with Gasteiger partial charge in [0.05, 0.1) is 18.1 Å². The maximum atomic E-state index is 12.0. The molecule has 0 unspecified atom stereocenters. The van der Waals surface area contributed by atoms with Crippen LogP contribution in [0.2, 0.25) is 0 Å². The molecule has 0 saturated carbocycles. The maximum Gasteiger partial charge on any atom is 0.372 e. The van der Waals surface area contributed by atoms with E-state index in [1.807, 2.05) is 0 Å². The highest BCUT2D eigenvalue weighted by Gasteiger charge is 2.24. The fourth-order valence-electron chi connectivity index (χ4n) is 1.92. The molecule has 20 heavy (non-hydrogen) atoms. The average Bonchev–Trinajstić information content (AvgIpc) is 2.75. The second kappa shape index (κ2) is 5.64. The van der Waals surface area contributed by atoms with Crippen molar-refractivity contribution in [3.05, 3.63) is 35.6 Å². The normalized spacial score (nSPS) is 11.8. The van der Waals surface area contributed by atoms with Crippen LogP contribution in [-0.2, 0) is 20.3 Å². The van der Waals surface area contributed by atoms with Gasteiger partial charge in [-0.15, -0.1) is 0 Å². The van der Waals surface area contributed by atoms with E-state index >= 15 is 0 Å². The van der Waals surface area contributed by atoms with E-state index in [0.717, 1.165) is 0 Å². The monoisotopic (exact) mass is 298 g/mol. The smallest absolute Gasteiger partial charge is 0.372 e. The number of rotatable bonds is 6. The molecule has 0 radical (unpaired) electrons. The molecule has 0 aliphatic rings. The van der Waals surface area contributed by atoms with Gasteiger partial charge in [-0.3, -0.25) is 0 Å². The van der Waals surface area contributed by atoms with Crippen LogP contribution in [0.25, 0.3) is 11.0 Å². The topological polar surface area (TPSA) is 93.8 Å². The lowest BCUT2D eigenvalue weighted by molar-refractivity contribution is 0.0664. The minimum Gasteiger partial charge on any atom is -0.475 e. The van der Waals surface area contributed by atoms with Gasteiger partial charge in [-0.25, -0.2) is 13.2 Å². The molecule has 0 aliphatic heterocycles. The molecular weight excluding hydrogens is 284 g/mol. The quantitative estimate of drug-likeness (QED) is 0.872. The summed E-state index contributed by atoms with van der Waals surface area (Å²) in [6, 6.07) is 6.65. The number of furan rings is 1. The number of ether oxygens (including phenoxy) is 1. The van der Waals surface area contributed by atoms with Crippen molar-refractivity contribution in [1.82, 2.24) is 0 Å². The Labute approximate surface area is 115 Å². The zero-order valence-electron chi connectivity index (χ0n) is 10.8. The summed E-state index contributed by atoms with van der Waals surface area (Å²) >= 11 is 0. The lowest BCUT2D eigenvalue weighted by Gasteiger charge is -2.03. The Hall–Kier alpha value is -1.86. The summed E-state index contributed by atoms with van der Waals surface area (Å²) < 4.78 is 33.9. The number of methoxy groups -OCH3 is 1. The standard InChI is InChI=1S/C13H14O6S/c1-18-6-7-20(16,17)8-10-9-4-2-3-5-11(9)19-12(10)13(14)15/h2-5H,6-8H2,1H3,(H,14,15). The van der Waals surface area contributed by atoms with Gasteiger partial charge in [0.15, 0.2) is 9.84 Å². The van der Waals surface area contributed by atoms with Gasteiger partial charge in [0.2, 0.25) is 5.76 Å². The number of carboxylic acids is 1. The Bertz CT molecular complexity index is 728. The van der Waals surface area contributed by atoms with Crippen LogP contribution in [0.5, 0.6) is 0 Å². The van der Waals surface area contributed by atoms with E-state index in [9.17, 15) is 13.2 Å². The number of carboxylic acid groups (broad SMARTS) is 1. The number of para-hydroxylation sites is 1. The van der Waals surface area contributed by atoms with Crippen LogP contribution in [0.3, 0.4) is 0 Å². The molecule has 1 aromatic carbocycles. The Balaban J connectivity index is 2.47. The highest BCUT2D eigenvalue weighted by atomic mass is 32.2. The number of carbonyl (C=O) groups is 1. The van der Waals surface area contributed by atoms with Gasteiger partial charge in [-0.1, -0.05) is 18.2 Å². The molecule has 0 amide bonds. The SMILES string of the molecule is COCCS(=O)(=O)Cc1c(C(=O)O)oc2ccccc12. The van der Waals surface area contributed by atoms with Crippen molar-refractivity contribution in [2.75, 3.05) is 19.5 Å². The van der Waals surface area contributed by atoms with Crippen molar-refractivity contribution in [2.24, 2.45) is 0 Å². The number of sulfone groups is 1. The van der Waals surface area contributed by atoms with Crippen LogP contribution in [0, 0.1) is 0 Å². The lowest BCUT2D eigenvalue weighted by Crippen LogP contribution is -2.14. The fraction of sp³-hybridized carbons (Fsp3) is 0.308. The molecule has 1 aromatic heterocycles. The summed E-state index contributed by atoms with van der Waals surface area (Å²) in [6.07, 6.45) is 0. The zero-order chi connectivity index (χ0) is 14.8. The number of hydrogen-bond acceptors (Lipinski definition) is 5. The molecule has 6 nitrogen and oxygen atoms in total. The summed E-state index contributed by atoms with van der Waals surface area (Å²) in [5.41, 5.74) is 0.547. The molecule has 7 heteroatoms. The van der Waals surface area contributed by atoms with Gasteiger partial charge in [0, 0.05) is 18.1 Å². The Morgan fingerprint density at radius 3 is 2.70 bits per heavy atom. The van der Waals surface area contributed by atoms with Gasteiger partial charge >= 0.3 is 5.97 Å². The highest BCUT2D eigenvalue weighted by molar-refractivity contribution is 7.90. The van der Waals surface area contributed by atoms with E-state index in [4.69, 9.17) is 14.3 Å². The first kappa shape index (κ1) is 14.5. The van der Waals surface area contributed by atoms with E-state index < -0.39 is 15.8 Å². The first-order chi connectivity index (χ1) is 9.44. The first-order valence-electron chi connectivity index (χ1n) is 5.87. The molecule has 0 bridgehead atoms. The van der Waals surface area contributed by atoms with Crippen molar-refractivity contribution in [3.8, 4) is 0 Å². The molecule has 2 rings (SSSR count). The first-order valence-corrected chi connectivity index (χ1v) is 7.70. The zero-order valence-corrected chi connectivity index (χ0v) is 11.6. The van der Waals surface area contributed by atoms with Gasteiger partial charge in [0.25, 0.3) is 0 Å². The summed E-state index contributed by atoms with van der Waals surface area (Å²) in [6.45, 7) is 0.0700. The second-order valence-corrected chi connectivity index (χ2v) is 6.48. The van der Waals surface area contributed by atoms with Gasteiger partial charge in [0.1, 0.15) is 5.58 Å². The Morgan fingerprint density at radius 2 is 2.05 bits per heavy atom. The molecule has 1 N–H and O–H groups in total. The predicted octanol–water partition coefficient (Wildman–Crippen LogP) is 1.69. The van der Waals surface area contributed by atoms with Crippen molar-refractivity contribution in [1.29, 1.82) is 0 Å². The van der Waals surface area contributed by atoms with Gasteiger partial charge < -0.3 is 14.3 Å². The van der Waals surface area contributed by atoms with Crippen molar-refractivity contribution < 1.29 is 27.5 Å². The summed E-state index contributed by atoms with van der Waals surface area (Å²) in [5.74, 6) is -2.15. The van der Waals surface area contributed by atoms with E-state index in [1.165, 1.54) is 7.11 Å². The molecule has 0 aliphatic carbocycles. The third kappa shape index (κ3) is 3.00. The van der Waals surface area contributed by atoms with Crippen molar-refractivity contribution in [3.63, 3.8) is 0 Å². The summed E-state index contributed by atoms with van der Waals surface area (Å²) in [5, 5.41) is 9.63. The fourth-order valence-corrected chi connectivity index (χ4v) is 3.21. The largest absolute Gasteiger partial charge is 0.475 e. The van der Waals surface area contributed by atoms with Gasteiger partial charge in [-0.2, -0.15) is 0 Å². The third-order valence-electron chi connectivity index (χ3n) is 2.86. The van der Waals surface area contributed by atoms with Crippen LogP contribution in [0.1, 0.15) is 16.1 Å². The number of benzene rings is 1. The molecule has 0 spiro atoms. The van der Waals surface area contributed by atoms with Crippen LogP contribution in [0.15, 0.2) is 28.7 Å². The van der Waals surface area contributed by atoms with Crippen LogP contribution < -0.4 is 0 Å². The number of hydrogen-bond donors (Lipinski definition) is 1. The predicted molar refractivity (Wildman–Crippen MR) is 72.5 cm³/mol. The van der Waals surface area contributed by atoms with Crippen molar-refractivity contribution >= 4 is 26.8 Å². The molecule has 0 atom stereocenters. The van der Waals surface area contributed by atoms with Crippen LogP contribution >= 0.6 is 0 Å². The Kier molecular flexibility index (Phi) is 4.10. The third-order valence-corrected chi connectivity index (χ3v) is 4.37. The minimum absolute atomic E-state index is 0.0700. The summed E-state index contributed by atoms with van der Waals surface area (Å²) in [7, 11) is -2.05. The van der Waals surface area contributed by atoms with Crippen LogP contribution in [-0.4, -0.2) is 39.0 Å². The van der Waals surface area contributed by atoms with Gasteiger partial charge in [-0.05, 0) is 6.07 Å². The highest BCUT2D eigenvalue weighted by Crippen LogP contribution is 2.27. The summed E-state index contributed by atoms with van der Waals surface area (Å²) in [4.78, 5) is 11.2. The molecule has 2 aromatic rings. The van der Waals surface area contributed by atoms with E-state index in [-0.39, 0.29) is 29.4 Å². The van der Waals surface area contributed by atoms with E-state index in [2.05, 4.69) is 0 Å². The number of fused-ring (bicyclic) bond motifs is 1. The molecule has 0 fully saturated rings. The molecule has 1 heterocycles. The molecule has 0 saturated heterocycles. The van der Waals surface area contributed by atoms with Crippen LogP contribution in [0.4, 0.5) is 0 Å². The maximum absolute atomic E-state index is 12.0.